The van der Waals surface area contributed by atoms with Gasteiger partial charge in [0.2, 0.25) is 0 Å². The van der Waals surface area contributed by atoms with Crippen LogP contribution in [0.1, 0.15) is 32.1 Å². The SMILES string of the molecule is Cl.O=C(NC1CC1)N1CCC2CCC(C1)N2. The summed E-state index contributed by atoms with van der Waals surface area (Å²) in [5, 5.41) is 6.65. The van der Waals surface area contributed by atoms with Crippen LogP contribution in [0.25, 0.3) is 0 Å². The molecule has 2 aliphatic heterocycles. The Morgan fingerprint density at radius 1 is 1.12 bits per heavy atom. The molecule has 3 fully saturated rings. The molecule has 92 valence electrons. The largest absolute Gasteiger partial charge is 0.335 e. The highest BCUT2D eigenvalue weighted by molar-refractivity contribution is 5.85. The Morgan fingerprint density at radius 3 is 2.62 bits per heavy atom. The standard InChI is InChI=1S/C11H19N3O.ClH/c15-11(13-8-1-2-8)14-6-5-9-3-4-10(7-14)12-9;/h8-10,12H,1-7H2,(H,13,15);1H. The van der Waals surface area contributed by atoms with Crippen LogP contribution in [0.5, 0.6) is 0 Å². The first-order valence-corrected chi connectivity index (χ1v) is 6.13. The van der Waals surface area contributed by atoms with Crippen LogP contribution in [-0.2, 0) is 0 Å². The van der Waals surface area contributed by atoms with E-state index in [0.29, 0.717) is 18.1 Å². The topological polar surface area (TPSA) is 44.4 Å². The van der Waals surface area contributed by atoms with Crippen LogP contribution in [0, 0.1) is 0 Å². The Bertz CT molecular complexity index is 270. The van der Waals surface area contributed by atoms with Crippen molar-refractivity contribution in [3.63, 3.8) is 0 Å². The van der Waals surface area contributed by atoms with Gasteiger partial charge in [0.1, 0.15) is 0 Å². The number of amides is 2. The smallest absolute Gasteiger partial charge is 0.317 e. The minimum absolute atomic E-state index is 0. The van der Waals surface area contributed by atoms with Gasteiger partial charge in [0.05, 0.1) is 0 Å². The molecule has 2 heterocycles. The third kappa shape index (κ3) is 2.61. The zero-order valence-corrected chi connectivity index (χ0v) is 10.3. The predicted molar refractivity (Wildman–Crippen MR) is 64.9 cm³/mol. The lowest BCUT2D eigenvalue weighted by Crippen LogP contribution is -2.45. The molecule has 0 spiro atoms. The quantitative estimate of drug-likeness (QED) is 0.727. The molecule has 1 aliphatic carbocycles. The Labute approximate surface area is 103 Å². The van der Waals surface area contributed by atoms with Crippen LogP contribution in [0.2, 0.25) is 0 Å². The first-order chi connectivity index (χ1) is 7.31. The first kappa shape index (κ1) is 12.0. The van der Waals surface area contributed by atoms with Crippen molar-refractivity contribution in [2.24, 2.45) is 0 Å². The molecule has 0 radical (unpaired) electrons. The maximum atomic E-state index is 11.9. The third-order valence-electron chi connectivity index (χ3n) is 3.72. The maximum absolute atomic E-state index is 11.9. The molecule has 0 aromatic heterocycles. The Hall–Kier alpha value is -0.480. The summed E-state index contributed by atoms with van der Waals surface area (Å²) in [6.45, 7) is 1.82. The summed E-state index contributed by atoms with van der Waals surface area (Å²) in [6.07, 6.45) is 5.99. The van der Waals surface area contributed by atoms with E-state index in [4.69, 9.17) is 0 Å². The number of hydrogen-bond acceptors (Lipinski definition) is 2. The van der Waals surface area contributed by atoms with E-state index in [9.17, 15) is 4.79 Å². The molecule has 2 N–H and O–H groups in total. The average Bonchev–Trinajstić information content (AvgIpc) is 2.91. The van der Waals surface area contributed by atoms with Crippen molar-refractivity contribution in [3.8, 4) is 0 Å². The Morgan fingerprint density at radius 2 is 1.88 bits per heavy atom. The summed E-state index contributed by atoms with van der Waals surface area (Å²) < 4.78 is 0. The zero-order valence-electron chi connectivity index (χ0n) is 9.45. The summed E-state index contributed by atoms with van der Waals surface area (Å²) in [7, 11) is 0. The van der Waals surface area contributed by atoms with Gasteiger partial charge in [0.25, 0.3) is 0 Å². The molecule has 2 saturated heterocycles. The van der Waals surface area contributed by atoms with E-state index < -0.39 is 0 Å². The van der Waals surface area contributed by atoms with Crippen molar-refractivity contribution < 1.29 is 4.79 Å². The molecule has 5 heteroatoms. The fourth-order valence-corrected chi connectivity index (χ4v) is 2.62. The lowest BCUT2D eigenvalue weighted by Gasteiger charge is -2.24. The molecule has 0 aromatic rings. The van der Waals surface area contributed by atoms with Gasteiger partial charge >= 0.3 is 6.03 Å². The van der Waals surface area contributed by atoms with Crippen LogP contribution in [0.3, 0.4) is 0 Å². The number of carbonyl (C=O) groups excluding carboxylic acids is 1. The molecule has 2 atom stereocenters. The van der Waals surface area contributed by atoms with Crippen LogP contribution in [-0.4, -0.2) is 42.1 Å². The van der Waals surface area contributed by atoms with Crippen molar-refractivity contribution in [3.05, 3.63) is 0 Å². The van der Waals surface area contributed by atoms with E-state index in [1.54, 1.807) is 0 Å². The van der Waals surface area contributed by atoms with E-state index >= 15 is 0 Å². The molecular weight excluding hydrogens is 226 g/mol. The molecule has 16 heavy (non-hydrogen) atoms. The molecule has 2 bridgehead atoms. The monoisotopic (exact) mass is 245 g/mol. The second kappa shape index (κ2) is 4.80. The highest BCUT2D eigenvalue weighted by Crippen LogP contribution is 2.22. The normalized spacial score (nSPS) is 32.9. The van der Waals surface area contributed by atoms with Crippen LogP contribution in [0.4, 0.5) is 4.79 Å². The van der Waals surface area contributed by atoms with Crippen molar-refractivity contribution in [2.45, 2.75) is 50.2 Å². The fourth-order valence-electron chi connectivity index (χ4n) is 2.62. The van der Waals surface area contributed by atoms with E-state index in [1.165, 1.54) is 25.7 Å². The molecule has 4 nitrogen and oxygen atoms in total. The number of likely N-dealkylation sites (tertiary alicyclic amines) is 1. The van der Waals surface area contributed by atoms with E-state index in [2.05, 4.69) is 10.6 Å². The second-order valence-corrected chi connectivity index (χ2v) is 5.10. The van der Waals surface area contributed by atoms with Crippen molar-refractivity contribution in [1.29, 1.82) is 0 Å². The summed E-state index contributed by atoms with van der Waals surface area (Å²) in [5.74, 6) is 0. The highest BCUT2D eigenvalue weighted by atomic mass is 35.5. The molecule has 3 rings (SSSR count). The fraction of sp³-hybridized carbons (Fsp3) is 0.909. The second-order valence-electron chi connectivity index (χ2n) is 5.10. The minimum atomic E-state index is 0. The Kier molecular flexibility index (Phi) is 3.60. The molecular formula is C11H20ClN3O. The van der Waals surface area contributed by atoms with Gasteiger partial charge in [-0.1, -0.05) is 0 Å². The number of nitrogens with one attached hydrogen (secondary N) is 2. The number of rotatable bonds is 1. The van der Waals surface area contributed by atoms with Crippen molar-refractivity contribution >= 4 is 18.4 Å². The van der Waals surface area contributed by atoms with Gasteiger partial charge in [-0.3, -0.25) is 0 Å². The highest BCUT2D eigenvalue weighted by Gasteiger charge is 2.32. The summed E-state index contributed by atoms with van der Waals surface area (Å²) in [4.78, 5) is 13.9. The number of fused-ring (bicyclic) bond motifs is 2. The van der Waals surface area contributed by atoms with Gasteiger partial charge in [0, 0.05) is 31.2 Å². The number of urea groups is 1. The molecule has 2 unspecified atom stereocenters. The predicted octanol–water partition coefficient (Wildman–Crippen LogP) is 1.11. The van der Waals surface area contributed by atoms with Crippen LogP contribution >= 0.6 is 12.4 Å². The summed E-state index contributed by atoms with van der Waals surface area (Å²) in [6, 6.07) is 1.84. The Balaban J connectivity index is 0.000000963. The van der Waals surface area contributed by atoms with Gasteiger partial charge in [0.15, 0.2) is 0 Å². The third-order valence-corrected chi connectivity index (χ3v) is 3.72. The van der Waals surface area contributed by atoms with E-state index in [1.807, 2.05) is 4.90 Å². The molecule has 3 aliphatic rings. The van der Waals surface area contributed by atoms with Gasteiger partial charge in [-0.25, -0.2) is 4.79 Å². The average molecular weight is 246 g/mol. The summed E-state index contributed by atoms with van der Waals surface area (Å²) in [5.41, 5.74) is 0. The first-order valence-electron chi connectivity index (χ1n) is 6.13. The lowest BCUT2D eigenvalue weighted by molar-refractivity contribution is 0.194. The number of nitrogens with zero attached hydrogens (tertiary/aromatic N) is 1. The van der Waals surface area contributed by atoms with E-state index in [0.717, 1.165) is 19.5 Å². The van der Waals surface area contributed by atoms with Crippen LogP contribution in [0.15, 0.2) is 0 Å². The molecule has 2 amide bonds. The number of carbonyl (C=O) groups is 1. The maximum Gasteiger partial charge on any atom is 0.317 e. The van der Waals surface area contributed by atoms with Gasteiger partial charge in [-0.2, -0.15) is 0 Å². The van der Waals surface area contributed by atoms with Gasteiger partial charge in [-0.15, -0.1) is 12.4 Å². The number of halogens is 1. The number of hydrogen-bond donors (Lipinski definition) is 2. The zero-order chi connectivity index (χ0) is 10.3. The molecule has 0 aromatic carbocycles. The van der Waals surface area contributed by atoms with Crippen molar-refractivity contribution in [1.82, 2.24) is 15.5 Å². The summed E-state index contributed by atoms with van der Waals surface area (Å²) >= 11 is 0. The van der Waals surface area contributed by atoms with Crippen molar-refractivity contribution in [2.75, 3.05) is 13.1 Å². The van der Waals surface area contributed by atoms with Crippen LogP contribution < -0.4 is 10.6 Å². The molecule has 1 saturated carbocycles. The van der Waals surface area contributed by atoms with Gasteiger partial charge < -0.3 is 15.5 Å². The van der Waals surface area contributed by atoms with Gasteiger partial charge in [-0.05, 0) is 32.1 Å². The minimum Gasteiger partial charge on any atom is -0.335 e. The lowest BCUT2D eigenvalue weighted by atomic mass is 10.1. The van der Waals surface area contributed by atoms with E-state index in [-0.39, 0.29) is 18.4 Å².